The first-order valence-electron chi connectivity index (χ1n) is 9.53. The molecule has 6 nitrogen and oxygen atoms in total. The van der Waals surface area contributed by atoms with Gasteiger partial charge in [0.15, 0.2) is 0 Å². The van der Waals surface area contributed by atoms with Crippen molar-refractivity contribution in [2.24, 2.45) is 5.92 Å². The Hall–Kier alpha value is -2.50. The van der Waals surface area contributed by atoms with Crippen molar-refractivity contribution < 1.29 is 4.74 Å². The standard InChI is InChI=1S/C20H27N5O/c1-26-18-7-3-2-6-17(18)25-13-9-16(15-25)14-22-20-21-10-8-19(23-20)24-11-4-5-12-24/h2-3,6-8,10,16H,4-5,9,11-15H2,1H3,(H,21,22,23). The molecule has 1 unspecified atom stereocenters. The Morgan fingerprint density at radius 2 is 1.96 bits per heavy atom. The summed E-state index contributed by atoms with van der Waals surface area (Å²) in [5.41, 5.74) is 1.18. The predicted octanol–water partition coefficient (Wildman–Crippen LogP) is 3.02. The van der Waals surface area contributed by atoms with E-state index in [1.165, 1.54) is 18.5 Å². The van der Waals surface area contributed by atoms with Crippen LogP contribution in [0, 0.1) is 5.92 Å². The molecule has 2 aliphatic heterocycles. The lowest BCUT2D eigenvalue weighted by atomic mass is 10.1. The van der Waals surface area contributed by atoms with Gasteiger partial charge in [-0.2, -0.15) is 4.98 Å². The second-order valence-electron chi connectivity index (χ2n) is 7.09. The SMILES string of the molecule is COc1ccccc1N1CCC(CNc2nccc(N3CCCC3)n2)C1. The van der Waals surface area contributed by atoms with Gasteiger partial charge in [-0.3, -0.25) is 0 Å². The number of methoxy groups -OCH3 is 1. The maximum Gasteiger partial charge on any atom is 0.224 e. The fraction of sp³-hybridized carbons (Fsp3) is 0.500. The molecule has 0 aliphatic carbocycles. The molecule has 1 atom stereocenters. The zero-order valence-electron chi connectivity index (χ0n) is 15.4. The summed E-state index contributed by atoms with van der Waals surface area (Å²) in [6.45, 7) is 5.19. The molecule has 1 aromatic heterocycles. The van der Waals surface area contributed by atoms with Crippen molar-refractivity contribution in [2.45, 2.75) is 19.3 Å². The van der Waals surface area contributed by atoms with Gasteiger partial charge in [0.1, 0.15) is 11.6 Å². The van der Waals surface area contributed by atoms with Gasteiger partial charge < -0.3 is 19.9 Å². The van der Waals surface area contributed by atoms with Gasteiger partial charge in [-0.15, -0.1) is 0 Å². The lowest BCUT2D eigenvalue weighted by molar-refractivity contribution is 0.414. The van der Waals surface area contributed by atoms with E-state index in [0.717, 1.165) is 56.7 Å². The molecule has 0 bridgehead atoms. The molecule has 2 aromatic rings. The normalized spacial score (nSPS) is 19.8. The minimum Gasteiger partial charge on any atom is -0.495 e. The van der Waals surface area contributed by atoms with Gasteiger partial charge in [0.05, 0.1) is 12.8 Å². The third-order valence-corrected chi connectivity index (χ3v) is 5.33. The molecule has 26 heavy (non-hydrogen) atoms. The lowest BCUT2D eigenvalue weighted by Gasteiger charge is -2.21. The van der Waals surface area contributed by atoms with E-state index < -0.39 is 0 Å². The van der Waals surface area contributed by atoms with Crippen LogP contribution >= 0.6 is 0 Å². The molecule has 1 aromatic carbocycles. The van der Waals surface area contributed by atoms with Gasteiger partial charge in [0.2, 0.25) is 5.95 Å². The highest BCUT2D eigenvalue weighted by Gasteiger charge is 2.24. The first-order valence-corrected chi connectivity index (χ1v) is 9.53. The molecule has 4 rings (SSSR count). The van der Waals surface area contributed by atoms with Crippen LogP contribution in [0.5, 0.6) is 5.75 Å². The molecular weight excluding hydrogens is 326 g/mol. The lowest BCUT2D eigenvalue weighted by Crippen LogP contribution is -2.24. The van der Waals surface area contributed by atoms with Gasteiger partial charge in [-0.1, -0.05) is 12.1 Å². The monoisotopic (exact) mass is 353 g/mol. The molecule has 0 radical (unpaired) electrons. The largest absolute Gasteiger partial charge is 0.495 e. The highest BCUT2D eigenvalue weighted by atomic mass is 16.5. The molecule has 0 amide bonds. The van der Waals surface area contributed by atoms with Crippen LogP contribution < -0.4 is 19.9 Å². The van der Waals surface area contributed by atoms with Gasteiger partial charge in [0, 0.05) is 38.9 Å². The minimum atomic E-state index is 0.582. The summed E-state index contributed by atoms with van der Waals surface area (Å²) in [4.78, 5) is 13.8. The third kappa shape index (κ3) is 3.69. The topological polar surface area (TPSA) is 53.5 Å². The summed E-state index contributed by atoms with van der Waals surface area (Å²) in [7, 11) is 1.73. The molecule has 0 spiro atoms. The zero-order chi connectivity index (χ0) is 17.8. The van der Waals surface area contributed by atoms with Gasteiger partial charge in [0.25, 0.3) is 0 Å². The summed E-state index contributed by atoms with van der Waals surface area (Å²) in [6, 6.07) is 10.3. The maximum atomic E-state index is 5.50. The Morgan fingerprint density at radius 3 is 2.81 bits per heavy atom. The molecule has 2 fully saturated rings. The summed E-state index contributed by atoms with van der Waals surface area (Å²) < 4.78 is 5.50. The minimum absolute atomic E-state index is 0.582. The molecule has 0 saturated carbocycles. The quantitative estimate of drug-likeness (QED) is 0.861. The highest BCUT2D eigenvalue weighted by molar-refractivity contribution is 5.59. The molecule has 2 saturated heterocycles. The van der Waals surface area contributed by atoms with Crippen molar-refractivity contribution in [1.82, 2.24) is 9.97 Å². The number of rotatable bonds is 6. The van der Waals surface area contributed by atoms with E-state index in [2.05, 4.69) is 32.2 Å². The number of benzene rings is 1. The maximum absolute atomic E-state index is 5.50. The third-order valence-electron chi connectivity index (χ3n) is 5.33. The number of nitrogens with zero attached hydrogens (tertiary/aromatic N) is 4. The van der Waals surface area contributed by atoms with Crippen LogP contribution in [-0.4, -0.2) is 49.8 Å². The van der Waals surface area contributed by atoms with Crippen LogP contribution in [0.15, 0.2) is 36.5 Å². The fourth-order valence-corrected chi connectivity index (χ4v) is 3.90. The van der Waals surface area contributed by atoms with E-state index in [1.807, 2.05) is 24.4 Å². The van der Waals surface area contributed by atoms with Gasteiger partial charge in [-0.25, -0.2) is 4.98 Å². The second kappa shape index (κ2) is 7.81. The number of anilines is 3. The molecule has 1 N–H and O–H groups in total. The van der Waals surface area contributed by atoms with Crippen LogP contribution in [0.3, 0.4) is 0 Å². The van der Waals surface area contributed by atoms with E-state index in [0.29, 0.717) is 5.92 Å². The Labute approximate surface area is 155 Å². The van der Waals surface area contributed by atoms with Crippen molar-refractivity contribution in [2.75, 3.05) is 55.0 Å². The highest BCUT2D eigenvalue weighted by Crippen LogP contribution is 2.32. The molecule has 2 aliphatic rings. The number of aromatic nitrogens is 2. The molecular formula is C20H27N5O. The first kappa shape index (κ1) is 16.9. The zero-order valence-corrected chi connectivity index (χ0v) is 15.4. The number of para-hydroxylation sites is 2. The fourth-order valence-electron chi connectivity index (χ4n) is 3.90. The van der Waals surface area contributed by atoms with Crippen molar-refractivity contribution in [3.05, 3.63) is 36.5 Å². The molecule has 3 heterocycles. The Bertz CT molecular complexity index is 732. The van der Waals surface area contributed by atoms with Crippen molar-refractivity contribution in [3.63, 3.8) is 0 Å². The Morgan fingerprint density at radius 1 is 1.12 bits per heavy atom. The van der Waals surface area contributed by atoms with E-state index in [9.17, 15) is 0 Å². The first-order chi connectivity index (χ1) is 12.8. The van der Waals surface area contributed by atoms with Crippen LogP contribution in [0.2, 0.25) is 0 Å². The summed E-state index contributed by atoms with van der Waals surface area (Å²) in [5.74, 6) is 3.31. The van der Waals surface area contributed by atoms with Crippen LogP contribution in [0.25, 0.3) is 0 Å². The molecule has 138 valence electrons. The Kier molecular flexibility index (Phi) is 5.09. The molecule has 6 heteroatoms. The number of ether oxygens (including phenoxy) is 1. The Balaban J connectivity index is 1.34. The average molecular weight is 353 g/mol. The van der Waals surface area contributed by atoms with Crippen molar-refractivity contribution in [3.8, 4) is 5.75 Å². The van der Waals surface area contributed by atoms with E-state index in [-0.39, 0.29) is 0 Å². The summed E-state index contributed by atoms with van der Waals surface area (Å²) >= 11 is 0. The van der Waals surface area contributed by atoms with Crippen LogP contribution in [0.4, 0.5) is 17.5 Å². The number of hydrogen-bond acceptors (Lipinski definition) is 6. The van der Waals surface area contributed by atoms with Crippen LogP contribution in [0.1, 0.15) is 19.3 Å². The van der Waals surface area contributed by atoms with E-state index in [4.69, 9.17) is 9.72 Å². The van der Waals surface area contributed by atoms with E-state index in [1.54, 1.807) is 7.11 Å². The van der Waals surface area contributed by atoms with Gasteiger partial charge >= 0.3 is 0 Å². The van der Waals surface area contributed by atoms with Gasteiger partial charge in [-0.05, 0) is 43.4 Å². The summed E-state index contributed by atoms with van der Waals surface area (Å²) in [6.07, 6.45) is 5.54. The number of hydrogen-bond donors (Lipinski definition) is 1. The van der Waals surface area contributed by atoms with Crippen LogP contribution in [-0.2, 0) is 0 Å². The number of nitrogens with one attached hydrogen (secondary N) is 1. The summed E-state index contributed by atoms with van der Waals surface area (Å²) in [5, 5.41) is 3.44. The smallest absolute Gasteiger partial charge is 0.224 e. The second-order valence-corrected chi connectivity index (χ2v) is 7.09. The van der Waals surface area contributed by atoms with Crippen molar-refractivity contribution >= 4 is 17.5 Å². The van der Waals surface area contributed by atoms with E-state index >= 15 is 0 Å². The van der Waals surface area contributed by atoms with Crippen molar-refractivity contribution in [1.29, 1.82) is 0 Å². The predicted molar refractivity (Wildman–Crippen MR) is 105 cm³/mol. The average Bonchev–Trinajstić information content (AvgIpc) is 3.39.